The summed E-state index contributed by atoms with van der Waals surface area (Å²) in [6.45, 7) is 7.38. The zero-order valence-electron chi connectivity index (χ0n) is 14.3. The van der Waals surface area contributed by atoms with Crippen LogP contribution in [-0.4, -0.2) is 33.8 Å². The molecule has 1 aliphatic carbocycles. The number of H-pyrrole nitrogens is 1. The van der Waals surface area contributed by atoms with Gasteiger partial charge >= 0.3 is 5.97 Å². The normalized spacial score (nSPS) is 16.6. The van der Waals surface area contributed by atoms with Gasteiger partial charge < -0.3 is 15.4 Å². The van der Waals surface area contributed by atoms with E-state index >= 15 is 0 Å². The van der Waals surface area contributed by atoms with Crippen molar-refractivity contribution < 1.29 is 19.5 Å². The van der Waals surface area contributed by atoms with E-state index in [0.717, 1.165) is 0 Å². The number of carboxylic acids is 1. The number of aromatic nitrogens is 1. The number of carboxylic acid groups (broad SMARTS) is 1. The molecule has 0 aliphatic heterocycles. The second kappa shape index (κ2) is 7.04. The average molecular weight is 346 g/mol. The summed E-state index contributed by atoms with van der Waals surface area (Å²) in [5.74, 6) is -2.14. The third-order valence-electron chi connectivity index (χ3n) is 4.23. The summed E-state index contributed by atoms with van der Waals surface area (Å²) < 4.78 is 0. The summed E-state index contributed by atoms with van der Waals surface area (Å²) in [4.78, 5) is 50.7. The molecule has 0 saturated carbocycles. The second-order valence-electron chi connectivity index (χ2n) is 7.08. The maximum atomic E-state index is 12.3. The first kappa shape index (κ1) is 18.6. The van der Waals surface area contributed by atoms with Crippen LogP contribution in [0.3, 0.4) is 0 Å². The third-order valence-corrected chi connectivity index (χ3v) is 4.23. The van der Waals surface area contributed by atoms with E-state index in [1.54, 1.807) is 6.08 Å². The molecule has 0 fully saturated rings. The summed E-state index contributed by atoms with van der Waals surface area (Å²) in [5, 5.41) is 11.5. The molecule has 0 saturated heterocycles. The van der Waals surface area contributed by atoms with Gasteiger partial charge in [0.1, 0.15) is 11.6 Å². The smallest absolute Gasteiger partial charge is 0.326 e. The molecule has 1 aromatic rings. The van der Waals surface area contributed by atoms with Crippen LogP contribution in [0.5, 0.6) is 0 Å². The van der Waals surface area contributed by atoms with Crippen molar-refractivity contribution in [2.24, 2.45) is 5.41 Å². The molecule has 3 N–H and O–H groups in total. The molecule has 0 radical (unpaired) electrons. The first-order valence-electron chi connectivity index (χ1n) is 8.08. The number of carbonyl (C=O) groups is 3. The van der Waals surface area contributed by atoms with Crippen molar-refractivity contribution in [2.75, 3.05) is 0 Å². The van der Waals surface area contributed by atoms with Gasteiger partial charge in [-0.05, 0) is 30.7 Å². The average Bonchev–Trinajstić information content (AvgIpc) is 2.49. The van der Waals surface area contributed by atoms with E-state index in [9.17, 15) is 19.2 Å². The van der Waals surface area contributed by atoms with Crippen LogP contribution < -0.4 is 10.9 Å². The number of nitrogens with one attached hydrogen (secondary N) is 2. The minimum atomic E-state index is -1.19. The summed E-state index contributed by atoms with van der Waals surface area (Å²) in [7, 11) is 0. The Morgan fingerprint density at radius 1 is 1.40 bits per heavy atom. The lowest BCUT2D eigenvalue weighted by Crippen LogP contribution is -2.43. The Labute approximate surface area is 145 Å². The van der Waals surface area contributed by atoms with Crippen LogP contribution in [0.4, 0.5) is 0 Å². The Kier molecular flexibility index (Phi) is 5.25. The number of aromatic amines is 1. The van der Waals surface area contributed by atoms with Crippen molar-refractivity contribution in [3.05, 3.63) is 45.9 Å². The standard InChI is InChI=1S/C18H22N2O5/c1-4-5-6-12(17(24)25)19-15(22)11-7-10-13(20-16(11)23)8-18(2,3)9-14(10)21/h4,7,12H,1,5-6,8-9H2,2-3H3,(H,19,22)(H,20,23)(H,24,25). The van der Waals surface area contributed by atoms with Gasteiger partial charge in [-0.2, -0.15) is 0 Å². The Morgan fingerprint density at radius 2 is 2.08 bits per heavy atom. The number of amides is 1. The molecule has 1 aromatic heterocycles. The van der Waals surface area contributed by atoms with Gasteiger partial charge in [0.15, 0.2) is 5.78 Å². The summed E-state index contributed by atoms with van der Waals surface area (Å²) in [5.41, 5.74) is -0.298. The molecule has 0 aromatic carbocycles. The van der Waals surface area contributed by atoms with Gasteiger partial charge in [0, 0.05) is 17.7 Å². The van der Waals surface area contributed by atoms with Gasteiger partial charge in [-0.15, -0.1) is 6.58 Å². The zero-order chi connectivity index (χ0) is 18.8. The van der Waals surface area contributed by atoms with Gasteiger partial charge in [0.25, 0.3) is 11.5 Å². The number of rotatable bonds is 6. The summed E-state index contributed by atoms with van der Waals surface area (Å²) in [6.07, 6.45) is 2.98. The predicted octanol–water partition coefficient (Wildman–Crippen LogP) is 1.68. The Hall–Kier alpha value is -2.70. The number of Topliss-reactive ketones (excluding diaryl/α,β-unsaturated/α-hetero) is 1. The van der Waals surface area contributed by atoms with Gasteiger partial charge in [-0.25, -0.2) is 4.79 Å². The monoisotopic (exact) mass is 346 g/mol. The highest BCUT2D eigenvalue weighted by atomic mass is 16.4. The molecule has 7 heteroatoms. The number of ketones is 1. The minimum absolute atomic E-state index is 0.141. The Morgan fingerprint density at radius 3 is 2.68 bits per heavy atom. The van der Waals surface area contributed by atoms with E-state index in [4.69, 9.17) is 5.11 Å². The van der Waals surface area contributed by atoms with Crippen LogP contribution in [-0.2, 0) is 11.2 Å². The molecule has 1 atom stereocenters. The largest absolute Gasteiger partial charge is 0.480 e. The van der Waals surface area contributed by atoms with Gasteiger partial charge in [-0.3, -0.25) is 14.4 Å². The molecule has 1 amide bonds. The molecular weight excluding hydrogens is 324 g/mol. The van der Waals surface area contributed by atoms with E-state index in [0.29, 0.717) is 30.5 Å². The fraction of sp³-hybridized carbons (Fsp3) is 0.444. The highest BCUT2D eigenvalue weighted by Crippen LogP contribution is 2.33. The number of carbonyl (C=O) groups excluding carboxylic acids is 2. The molecule has 0 spiro atoms. The lowest BCUT2D eigenvalue weighted by atomic mass is 9.75. The highest BCUT2D eigenvalue weighted by molar-refractivity contribution is 6.02. The number of aliphatic carboxylic acids is 1. The number of allylic oxidation sites excluding steroid dienone is 1. The molecule has 0 bridgehead atoms. The first-order valence-corrected chi connectivity index (χ1v) is 8.08. The van der Waals surface area contributed by atoms with Crippen LogP contribution in [0.1, 0.15) is 59.5 Å². The zero-order valence-corrected chi connectivity index (χ0v) is 14.3. The lowest BCUT2D eigenvalue weighted by Gasteiger charge is -2.29. The van der Waals surface area contributed by atoms with Crippen LogP contribution in [0.15, 0.2) is 23.5 Å². The van der Waals surface area contributed by atoms with Crippen molar-refractivity contribution in [3.63, 3.8) is 0 Å². The maximum Gasteiger partial charge on any atom is 0.326 e. The van der Waals surface area contributed by atoms with E-state index in [-0.39, 0.29) is 23.2 Å². The van der Waals surface area contributed by atoms with Gasteiger partial charge in [0.05, 0.1) is 0 Å². The minimum Gasteiger partial charge on any atom is -0.480 e. The molecule has 1 heterocycles. The summed E-state index contributed by atoms with van der Waals surface area (Å²) in [6, 6.07) is 0.142. The van der Waals surface area contributed by atoms with Crippen LogP contribution in [0.2, 0.25) is 0 Å². The van der Waals surface area contributed by atoms with Crippen molar-refractivity contribution >= 4 is 17.7 Å². The number of fused-ring (bicyclic) bond motifs is 1. The van der Waals surface area contributed by atoms with E-state index in [1.807, 2.05) is 13.8 Å². The van der Waals surface area contributed by atoms with E-state index in [1.165, 1.54) is 6.07 Å². The topological polar surface area (TPSA) is 116 Å². The molecule has 1 aliphatic rings. The number of hydrogen-bond donors (Lipinski definition) is 3. The second-order valence-corrected chi connectivity index (χ2v) is 7.08. The molecule has 1 unspecified atom stereocenters. The quantitative estimate of drug-likeness (QED) is 0.678. The Balaban J connectivity index is 2.31. The predicted molar refractivity (Wildman–Crippen MR) is 91.8 cm³/mol. The maximum absolute atomic E-state index is 12.3. The molecule has 25 heavy (non-hydrogen) atoms. The number of pyridine rings is 1. The molecule has 7 nitrogen and oxygen atoms in total. The first-order chi connectivity index (χ1) is 11.6. The van der Waals surface area contributed by atoms with Crippen molar-refractivity contribution in [1.82, 2.24) is 10.3 Å². The molecule has 134 valence electrons. The molecular formula is C18H22N2O5. The fourth-order valence-electron chi connectivity index (χ4n) is 2.97. The SMILES string of the molecule is C=CCCC(NC(=O)c1cc2c([nH]c1=O)CC(C)(C)CC2=O)C(=O)O. The molecule has 2 rings (SSSR count). The van der Waals surface area contributed by atoms with Crippen LogP contribution >= 0.6 is 0 Å². The van der Waals surface area contributed by atoms with Gasteiger partial charge in [-0.1, -0.05) is 19.9 Å². The van der Waals surface area contributed by atoms with Crippen LogP contribution in [0.25, 0.3) is 0 Å². The van der Waals surface area contributed by atoms with Crippen LogP contribution in [0, 0.1) is 5.41 Å². The summed E-state index contributed by atoms with van der Waals surface area (Å²) >= 11 is 0. The highest BCUT2D eigenvalue weighted by Gasteiger charge is 2.33. The van der Waals surface area contributed by atoms with E-state index < -0.39 is 23.5 Å². The van der Waals surface area contributed by atoms with Crippen molar-refractivity contribution in [3.8, 4) is 0 Å². The lowest BCUT2D eigenvalue weighted by molar-refractivity contribution is -0.139. The number of hydrogen-bond acceptors (Lipinski definition) is 4. The van der Waals surface area contributed by atoms with E-state index in [2.05, 4.69) is 16.9 Å². The van der Waals surface area contributed by atoms with Gasteiger partial charge in [0.2, 0.25) is 0 Å². The fourth-order valence-corrected chi connectivity index (χ4v) is 2.97. The Bertz CT molecular complexity index is 791. The van der Waals surface area contributed by atoms with Crippen molar-refractivity contribution in [1.29, 1.82) is 0 Å². The third kappa shape index (κ3) is 4.23. The van der Waals surface area contributed by atoms with Crippen molar-refractivity contribution in [2.45, 2.75) is 45.6 Å².